The van der Waals surface area contributed by atoms with E-state index < -0.39 is 11.6 Å². The van der Waals surface area contributed by atoms with Crippen LogP contribution in [0.15, 0.2) is 12.1 Å². The highest BCUT2D eigenvalue weighted by atomic mass is 19.1. The highest BCUT2D eigenvalue weighted by Crippen LogP contribution is 2.25. The fourth-order valence-corrected chi connectivity index (χ4v) is 1.19. The Morgan fingerprint density at radius 2 is 1.79 bits per heavy atom. The Bertz CT molecular complexity index is 305. The predicted octanol–water partition coefficient (Wildman–Crippen LogP) is 2.25. The molecule has 14 heavy (non-hydrogen) atoms. The third kappa shape index (κ3) is 2.01. The summed E-state index contributed by atoms with van der Waals surface area (Å²) in [6.07, 6.45) is 0. The molecule has 0 bridgehead atoms. The number of nitrogens with one attached hydrogen (secondary N) is 1. The molecule has 0 unspecified atom stereocenters. The van der Waals surface area contributed by atoms with Crippen LogP contribution in [0.2, 0.25) is 0 Å². The summed E-state index contributed by atoms with van der Waals surface area (Å²) in [7, 11) is 2.97. The van der Waals surface area contributed by atoms with E-state index in [4.69, 9.17) is 0 Å². The molecule has 1 aromatic rings. The van der Waals surface area contributed by atoms with Crippen molar-refractivity contribution in [1.82, 2.24) is 5.32 Å². The Labute approximate surface area is 81.9 Å². The fourth-order valence-electron chi connectivity index (χ4n) is 1.19. The van der Waals surface area contributed by atoms with Crippen LogP contribution in [0.4, 0.5) is 8.78 Å². The van der Waals surface area contributed by atoms with E-state index in [9.17, 15) is 8.78 Å². The Morgan fingerprint density at radius 1 is 1.29 bits per heavy atom. The van der Waals surface area contributed by atoms with Crippen LogP contribution in [0.1, 0.15) is 18.5 Å². The van der Waals surface area contributed by atoms with E-state index in [0.29, 0.717) is 5.56 Å². The van der Waals surface area contributed by atoms with Crippen molar-refractivity contribution in [3.8, 4) is 5.75 Å². The summed E-state index contributed by atoms with van der Waals surface area (Å²) in [5.74, 6) is -1.69. The fraction of sp³-hybridized carbons (Fsp3) is 0.400. The third-order valence-corrected chi connectivity index (χ3v) is 2.16. The van der Waals surface area contributed by atoms with Crippen LogP contribution < -0.4 is 10.1 Å². The number of methoxy groups -OCH3 is 1. The first-order valence-electron chi connectivity index (χ1n) is 4.30. The molecule has 78 valence electrons. The molecular formula is C10H13F2NO. The predicted molar refractivity (Wildman–Crippen MR) is 50.4 cm³/mol. The van der Waals surface area contributed by atoms with E-state index in [1.165, 1.54) is 19.2 Å². The first-order valence-corrected chi connectivity index (χ1v) is 4.30. The standard InChI is InChI=1S/C10H13F2NO/c1-6(13-2)7-4-8(11)10(14-3)9(12)5-7/h4-6,13H,1-3H3/t6-/m1/s1. The highest BCUT2D eigenvalue weighted by molar-refractivity contribution is 5.32. The molecule has 0 aliphatic rings. The van der Waals surface area contributed by atoms with Gasteiger partial charge in [-0.05, 0) is 31.7 Å². The number of benzene rings is 1. The van der Waals surface area contributed by atoms with Gasteiger partial charge in [0.2, 0.25) is 0 Å². The van der Waals surface area contributed by atoms with Crippen LogP contribution in [0.3, 0.4) is 0 Å². The van der Waals surface area contributed by atoms with Crippen molar-refractivity contribution >= 4 is 0 Å². The van der Waals surface area contributed by atoms with Crippen LogP contribution in [0.25, 0.3) is 0 Å². The molecule has 0 fully saturated rings. The summed E-state index contributed by atoms with van der Waals surface area (Å²) in [5.41, 5.74) is 0.559. The second-order valence-corrected chi connectivity index (χ2v) is 3.03. The SMILES string of the molecule is CN[C@H](C)c1cc(F)c(OC)c(F)c1. The average molecular weight is 201 g/mol. The number of hydrogen-bond acceptors (Lipinski definition) is 2. The first-order chi connectivity index (χ1) is 6.60. The second-order valence-electron chi connectivity index (χ2n) is 3.03. The van der Waals surface area contributed by atoms with Gasteiger partial charge in [0.05, 0.1) is 7.11 Å². The summed E-state index contributed by atoms with van der Waals surface area (Å²) in [4.78, 5) is 0. The van der Waals surface area contributed by atoms with Crippen LogP contribution in [0.5, 0.6) is 5.75 Å². The quantitative estimate of drug-likeness (QED) is 0.809. The molecule has 0 aliphatic heterocycles. The minimum atomic E-state index is -0.676. The van der Waals surface area contributed by atoms with Crippen LogP contribution >= 0.6 is 0 Å². The number of rotatable bonds is 3. The lowest BCUT2D eigenvalue weighted by Crippen LogP contribution is -2.13. The molecular weight excluding hydrogens is 188 g/mol. The normalized spacial score (nSPS) is 12.6. The highest BCUT2D eigenvalue weighted by Gasteiger charge is 2.13. The maximum absolute atomic E-state index is 13.2. The molecule has 0 saturated carbocycles. The number of hydrogen-bond donors (Lipinski definition) is 1. The van der Waals surface area contributed by atoms with Crippen molar-refractivity contribution in [2.75, 3.05) is 14.2 Å². The molecule has 0 amide bonds. The van der Waals surface area contributed by atoms with Gasteiger partial charge in [-0.1, -0.05) is 0 Å². The van der Waals surface area contributed by atoms with E-state index in [0.717, 1.165) is 0 Å². The molecule has 0 radical (unpaired) electrons. The minimum Gasteiger partial charge on any atom is -0.491 e. The summed E-state index contributed by atoms with van der Waals surface area (Å²) < 4.78 is 31.0. The van der Waals surface area contributed by atoms with E-state index in [1.54, 1.807) is 7.05 Å². The van der Waals surface area contributed by atoms with Gasteiger partial charge in [0.15, 0.2) is 17.4 Å². The van der Waals surface area contributed by atoms with Gasteiger partial charge in [-0.15, -0.1) is 0 Å². The maximum atomic E-state index is 13.2. The van der Waals surface area contributed by atoms with Gasteiger partial charge in [0, 0.05) is 6.04 Å². The van der Waals surface area contributed by atoms with Crippen molar-refractivity contribution in [1.29, 1.82) is 0 Å². The van der Waals surface area contributed by atoms with E-state index in [-0.39, 0.29) is 11.8 Å². The summed E-state index contributed by atoms with van der Waals surface area (Å²) in [6, 6.07) is 2.44. The summed E-state index contributed by atoms with van der Waals surface area (Å²) in [6.45, 7) is 1.82. The Hall–Kier alpha value is -1.16. The molecule has 4 heteroatoms. The van der Waals surface area contributed by atoms with Crippen molar-refractivity contribution in [2.24, 2.45) is 0 Å². The zero-order chi connectivity index (χ0) is 10.7. The van der Waals surface area contributed by atoms with Crippen molar-refractivity contribution in [3.63, 3.8) is 0 Å². The maximum Gasteiger partial charge on any atom is 0.190 e. The van der Waals surface area contributed by atoms with E-state index >= 15 is 0 Å². The molecule has 1 rings (SSSR count). The molecule has 1 atom stereocenters. The molecule has 1 aromatic carbocycles. The largest absolute Gasteiger partial charge is 0.491 e. The van der Waals surface area contributed by atoms with Gasteiger partial charge in [0.1, 0.15) is 0 Å². The van der Waals surface area contributed by atoms with Gasteiger partial charge in [-0.25, -0.2) is 8.78 Å². The monoisotopic (exact) mass is 201 g/mol. The Balaban J connectivity index is 3.13. The topological polar surface area (TPSA) is 21.3 Å². The molecule has 0 aliphatic carbocycles. The Kier molecular flexibility index (Phi) is 3.41. The number of ether oxygens (including phenoxy) is 1. The molecule has 0 aromatic heterocycles. The number of halogens is 2. The van der Waals surface area contributed by atoms with Crippen LogP contribution in [-0.2, 0) is 0 Å². The zero-order valence-electron chi connectivity index (χ0n) is 8.40. The molecule has 0 heterocycles. The van der Waals surface area contributed by atoms with E-state index in [1.807, 2.05) is 6.92 Å². The molecule has 2 nitrogen and oxygen atoms in total. The summed E-state index contributed by atoms with van der Waals surface area (Å²) >= 11 is 0. The second kappa shape index (κ2) is 4.37. The lowest BCUT2D eigenvalue weighted by atomic mass is 10.1. The molecule has 0 saturated heterocycles. The van der Waals surface area contributed by atoms with Crippen molar-refractivity contribution < 1.29 is 13.5 Å². The summed E-state index contributed by atoms with van der Waals surface area (Å²) in [5, 5.41) is 2.90. The van der Waals surface area contributed by atoms with Crippen LogP contribution in [-0.4, -0.2) is 14.2 Å². The molecule has 1 N–H and O–H groups in total. The van der Waals surface area contributed by atoms with Gasteiger partial charge < -0.3 is 10.1 Å². The van der Waals surface area contributed by atoms with Gasteiger partial charge in [-0.3, -0.25) is 0 Å². The lowest BCUT2D eigenvalue weighted by Gasteiger charge is -2.12. The van der Waals surface area contributed by atoms with Gasteiger partial charge >= 0.3 is 0 Å². The Morgan fingerprint density at radius 3 is 2.14 bits per heavy atom. The van der Waals surface area contributed by atoms with Crippen molar-refractivity contribution in [3.05, 3.63) is 29.3 Å². The smallest absolute Gasteiger partial charge is 0.190 e. The molecule has 0 spiro atoms. The minimum absolute atomic E-state index is 0.0927. The van der Waals surface area contributed by atoms with Crippen LogP contribution in [0, 0.1) is 11.6 Å². The van der Waals surface area contributed by atoms with Gasteiger partial charge in [0.25, 0.3) is 0 Å². The zero-order valence-corrected chi connectivity index (χ0v) is 8.40. The van der Waals surface area contributed by atoms with E-state index in [2.05, 4.69) is 10.1 Å². The third-order valence-electron chi connectivity index (χ3n) is 2.16. The average Bonchev–Trinajstić information content (AvgIpc) is 2.16. The van der Waals surface area contributed by atoms with Gasteiger partial charge in [-0.2, -0.15) is 0 Å². The lowest BCUT2D eigenvalue weighted by molar-refractivity contribution is 0.358. The first kappa shape index (κ1) is 10.9. The van der Waals surface area contributed by atoms with Crippen molar-refractivity contribution in [2.45, 2.75) is 13.0 Å².